The summed E-state index contributed by atoms with van der Waals surface area (Å²) >= 11 is 0. The molecule has 0 unspecified atom stereocenters. The van der Waals surface area contributed by atoms with Gasteiger partial charge in [0, 0.05) is 18.8 Å². The molecular formula is C22H33N3O2. The average Bonchev–Trinajstić information content (AvgIpc) is 2.67. The fraction of sp³-hybridized carbons (Fsp3) is 0.409. The van der Waals surface area contributed by atoms with Crippen molar-refractivity contribution < 1.29 is 9.53 Å². The summed E-state index contributed by atoms with van der Waals surface area (Å²) in [5.74, 6) is 0. The third-order valence-electron chi connectivity index (χ3n) is 3.90. The summed E-state index contributed by atoms with van der Waals surface area (Å²) < 4.78 is 5.09. The van der Waals surface area contributed by atoms with Crippen LogP contribution in [0.3, 0.4) is 0 Å². The van der Waals surface area contributed by atoms with Crippen LogP contribution in [-0.2, 0) is 11.3 Å². The maximum Gasteiger partial charge on any atom is 0.411 e. The first-order chi connectivity index (χ1) is 13.0. The van der Waals surface area contributed by atoms with E-state index in [1.54, 1.807) is 0 Å². The molecule has 2 aromatic rings. The number of hydrogen-bond donors (Lipinski definition) is 1. The Hall–Kier alpha value is -2.37. The van der Waals surface area contributed by atoms with Crippen molar-refractivity contribution in [2.24, 2.45) is 0 Å². The number of nitrogens with one attached hydrogen (secondary N) is 1. The van der Waals surface area contributed by atoms with Gasteiger partial charge in [0.15, 0.2) is 0 Å². The fourth-order valence-corrected chi connectivity index (χ4v) is 2.43. The summed E-state index contributed by atoms with van der Waals surface area (Å²) in [6.07, 6.45) is -0.400. The summed E-state index contributed by atoms with van der Waals surface area (Å²) in [5.41, 5.74) is 2.12. The van der Waals surface area contributed by atoms with Crippen LogP contribution in [0.15, 0.2) is 60.7 Å². The summed E-state index contributed by atoms with van der Waals surface area (Å²) in [6.45, 7) is 8.35. The number of carbonyl (C=O) groups excluding carboxylic acids is 1. The van der Waals surface area contributed by atoms with Crippen molar-refractivity contribution in [1.82, 2.24) is 9.80 Å². The van der Waals surface area contributed by atoms with Gasteiger partial charge in [-0.15, -0.1) is 0 Å². The Balaban J connectivity index is 0.000000309. The van der Waals surface area contributed by atoms with Gasteiger partial charge in [0.2, 0.25) is 0 Å². The Morgan fingerprint density at radius 1 is 0.926 bits per heavy atom. The van der Waals surface area contributed by atoms with E-state index in [1.165, 1.54) is 5.56 Å². The van der Waals surface area contributed by atoms with Crippen molar-refractivity contribution in [3.8, 4) is 0 Å². The molecule has 0 heterocycles. The molecular weight excluding hydrogens is 338 g/mol. The zero-order valence-electron chi connectivity index (χ0n) is 17.0. The molecule has 0 aliphatic heterocycles. The van der Waals surface area contributed by atoms with E-state index in [0.29, 0.717) is 6.61 Å². The van der Waals surface area contributed by atoms with E-state index < -0.39 is 6.09 Å². The second kappa shape index (κ2) is 13.8. The lowest BCUT2D eigenvalue weighted by atomic mass is 10.2. The Morgan fingerprint density at radius 2 is 1.48 bits per heavy atom. The maximum absolute atomic E-state index is 11.4. The Labute approximate surface area is 163 Å². The van der Waals surface area contributed by atoms with Crippen LogP contribution in [0.5, 0.6) is 0 Å². The molecule has 0 aromatic heterocycles. The number of para-hydroxylation sites is 1. The van der Waals surface area contributed by atoms with E-state index in [2.05, 4.69) is 67.3 Å². The molecule has 2 rings (SSSR count). The quantitative estimate of drug-likeness (QED) is 0.750. The van der Waals surface area contributed by atoms with E-state index in [1.807, 2.05) is 36.4 Å². The van der Waals surface area contributed by atoms with Gasteiger partial charge in [-0.3, -0.25) is 5.32 Å². The number of carbonyl (C=O) groups is 1. The van der Waals surface area contributed by atoms with Crippen LogP contribution in [-0.4, -0.2) is 56.2 Å². The molecule has 0 aliphatic carbocycles. The molecule has 0 aliphatic rings. The normalized spacial score (nSPS) is 10.3. The number of ether oxygens (including phenoxy) is 1. The molecule has 2 aromatic carbocycles. The standard InChI is InChI=1S/C13H20N2O2.C9H13N/c1-3-15(4-2)10-11-17-13(16)14-12-8-6-5-7-9-12;1-10(2)8-9-6-4-3-5-7-9/h5-9H,3-4,10-11H2,1-2H3,(H,14,16);3-7H,8H2,1-2H3. The minimum atomic E-state index is -0.400. The number of amides is 1. The molecule has 0 saturated carbocycles. The summed E-state index contributed by atoms with van der Waals surface area (Å²) in [7, 11) is 4.15. The minimum Gasteiger partial charge on any atom is -0.448 e. The van der Waals surface area contributed by atoms with Crippen LogP contribution in [0, 0.1) is 0 Å². The number of hydrogen-bond acceptors (Lipinski definition) is 4. The molecule has 1 N–H and O–H groups in total. The second-order valence-corrected chi connectivity index (χ2v) is 6.38. The molecule has 5 heteroatoms. The van der Waals surface area contributed by atoms with E-state index in [0.717, 1.165) is 31.9 Å². The largest absolute Gasteiger partial charge is 0.448 e. The van der Waals surface area contributed by atoms with Gasteiger partial charge >= 0.3 is 6.09 Å². The summed E-state index contributed by atoms with van der Waals surface area (Å²) in [4.78, 5) is 15.8. The Bertz CT molecular complexity index is 614. The van der Waals surface area contributed by atoms with Gasteiger partial charge in [0.05, 0.1) is 0 Å². The van der Waals surface area contributed by atoms with Crippen LogP contribution >= 0.6 is 0 Å². The lowest BCUT2D eigenvalue weighted by Gasteiger charge is -2.17. The monoisotopic (exact) mass is 371 g/mol. The molecule has 0 spiro atoms. The predicted molar refractivity (Wildman–Crippen MR) is 113 cm³/mol. The van der Waals surface area contributed by atoms with Crippen molar-refractivity contribution in [3.05, 3.63) is 66.2 Å². The Morgan fingerprint density at radius 3 is 2.00 bits per heavy atom. The lowest BCUT2D eigenvalue weighted by Crippen LogP contribution is -2.28. The first-order valence-corrected chi connectivity index (χ1v) is 9.45. The molecule has 1 amide bonds. The molecule has 0 radical (unpaired) electrons. The topological polar surface area (TPSA) is 44.8 Å². The van der Waals surface area contributed by atoms with Crippen molar-refractivity contribution in [1.29, 1.82) is 0 Å². The third kappa shape index (κ3) is 11.1. The number of likely N-dealkylation sites (N-methyl/N-ethyl adjacent to an activating group) is 1. The van der Waals surface area contributed by atoms with Crippen molar-refractivity contribution >= 4 is 11.8 Å². The van der Waals surface area contributed by atoms with Crippen LogP contribution < -0.4 is 5.32 Å². The number of anilines is 1. The maximum atomic E-state index is 11.4. The van der Waals surface area contributed by atoms with Gasteiger partial charge in [0.25, 0.3) is 0 Å². The molecule has 0 atom stereocenters. The highest BCUT2D eigenvalue weighted by molar-refractivity contribution is 5.84. The highest BCUT2D eigenvalue weighted by atomic mass is 16.5. The van der Waals surface area contributed by atoms with Gasteiger partial charge < -0.3 is 14.5 Å². The smallest absolute Gasteiger partial charge is 0.411 e. The van der Waals surface area contributed by atoms with Gasteiger partial charge in [-0.05, 0) is 44.9 Å². The van der Waals surface area contributed by atoms with Gasteiger partial charge in [-0.2, -0.15) is 0 Å². The fourth-order valence-electron chi connectivity index (χ4n) is 2.43. The molecule has 5 nitrogen and oxygen atoms in total. The zero-order chi connectivity index (χ0) is 19.9. The molecule has 0 fully saturated rings. The van der Waals surface area contributed by atoms with E-state index >= 15 is 0 Å². The average molecular weight is 372 g/mol. The predicted octanol–water partition coefficient (Wildman–Crippen LogP) is 4.33. The number of benzene rings is 2. The SMILES string of the molecule is CCN(CC)CCOC(=O)Nc1ccccc1.CN(C)Cc1ccccc1. The van der Waals surface area contributed by atoms with E-state index in [4.69, 9.17) is 4.74 Å². The summed E-state index contributed by atoms with van der Waals surface area (Å²) in [6, 6.07) is 19.7. The van der Waals surface area contributed by atoms with Crippen LogP contribution in [0.2, 0.25) is 0 Å². The molecule has 148 valence electrons. The molecule has 0 bridgehead atoms. The van der Waals surface area contributed by atoms with Crippen LogP contribution in [0.4, 0.5) is 10.5 Å². The second-order valence-electron chi connectivity index (χ2n) is 6.38. The first-order valence-electron chi connectivity index (χ1n) is 9.45. The van der Waals surface area contributed by atoms with Crippen LogP contribution in [0.1, 0.15) is 19.4 Å². The first kappa shape index (κ1) is 22.7. The van der Waals surface area contributed by atoms with Crippen molar-refractivity contribution in [2.75, 3.05) is 45.7 Å². The Kier molecular flexibility index (Phi) is 11.6. The molecule has 27 heavy (non-hydrogen) atoms. The van der Waals surface area contributed by atoms with Gasteiger partial charge in [-0.1, -0.05) is 62.4 Å². The van der Waals surface area contributed by atoms with E-state index in [-0.39, 0.29) is 0 Å². The third-order valence-corrected chi connectivity index (χ3v) is 3.90. The van der Waals surface area contributed by atoms with E-state index in [9.17, 15) is 4.79 Å². The number of nitrogens with zero attached hydrogens (tertiary/aromatic N) is 2. The van der Waals surface area contributed by atoms with Gasteiger partial charge in [0.1, 0.15) is 6.61 Å². The summed E-state index contributed by atoms with van der Waals surface area (Å²) in [5, 5.41) is 2.67. The van der Waals surface area contributed by atoms with Crippen molar-refractivity contribution in [3.63, 3.8) is 0 Å². The molecule has 0 saturated heterocycles. The lowest BCUT2D eigenvalue weighted by molar-refractivity contribution is 0.142. The van der Waals surface area contributed by atoms with Crippen LogP contribution in [0.25, 0.3) is 0 Å². The zero-order valence-corrected chi connectivity index (χ0v) is 17.0. The minimum absolute atomic E-state index is 0.400. The van der Waals surface area contributed by atoms with Crippen molar-refractivity contribution in [2.45, 2.75) is 20.4 Å². The highest BCUT2D eigenvalue weighted by Crippen LogP contribution is 2.05. The van der Waals surface area contributed by atoms with Gasteiger partial charge in [-0.25, -0.2) is 4.79 Å². The number of rotatable bonds is 8. The highest BCUT2D eigenvalue weighted by Gasteiger charge is 2.04.